The Bertz CT molecular complexity index is 1470. The first kappa shape index (κ1) is 27.5. The highest BCUT2D eigenvalue weighted by molar-refractivity contribution is 6.12. The Morgan fingerprint density at radius 3 is 2.27 bits per heavy atom. The van der Waals surface area contributed by atoms with Gasteiger partial charge < -0.3 is 19.7 Å². The predicted octanol–water partition coefficient (Wildman–Crippen LogP) is 7.95. The Morgan fingerprint density at radius 1 is 1.00 bits per heavy atom. The van der Waals surface area contributed by atoms with Gasteiger partial charge in [-0.15, -0.1) is 0 Å². The van der Waals surface area contributed by atoms with Crippen molar-refractivity contribution in [2.75, 3.05) is 5.32 Å². The molecule has 1 aromatic heterocycles. The molecule has 1 amide bonds. The van der Waals surface area contributed by atoms with Crippen LogP contribution in [0.3, 0.4) is 0 Å². The van der Waals surface area contributed by atoms with Crippen molar-refractivity contribution in [3.8, 4) is 22.4 Å². The number of hydrogen-bond donors (Lipinski definition) is 2. The molecule has 2 heterocycles. The summed E-state index contributed by atoms with van der Waals surface area (Å²) in [4.78, 5) is 14.2. The third-order valence-corrected chi connectivity index (χ3v) is 7.50. The zero-order valence-corrected chi connectivity index (χ0v) is 23.6. The first-order chi connectivity index (χ1) is 19.3. The van der Waals surface area contributed by atoms with E-state index < -0.39 is 6.10 Å². The first-order valence-electron chi connectivity index (χ1n) is 14.1. The van der Waals surface area contributed by atoms with Gasteiger partial charge in [0.25, 0.3) is 5.91 Å². The van der Waals surface area contributed by atoms with Crippen LogP contribution in [-0.2, 0) is 11.3 Å². The second-order valence-electron chi connectivity index (χ2n) is 11.0. The highest BCUT2D eigenvalue weighted by Crippen LogP contribution is 2.43. The highest BCUT2D eigenvalue weighted by Gasteiger charge is 2.31. The largest absolute Gasteiger partial charge is 0.495 e. The Morgan fingerprint density at radius 2 is 1.65 bits per heavy atom. The molecule has 0 radical (unpaired) electrons. The molecule has 1 saturated heterocycles. The van der Waals surface area contributed by atoms with E-state index in [1.54, 1.807) is 0 Å². The van der Waals surface area contributed by atoms with Crippen molar-refractivity contribution in [2.45, 2.75) is 64.7 Å². The van der Waals surface area contributed by atoms with E-state index in [1.165, 1.54) is 5.56 Å². The van der Waals surface area contributed by atoms with E-state index in [0.29, 0.717) is 37.1 Å². The second kappa shape index (κ2) is 12.0. The third kappa shape index (κ3) is 5.90. The fourth-order valence-corrected chi connectivity index (χ4v) is 5.74. The molecule has 1 aliphatic rings. The van der Waals surface area contributed by atoms with Gasteiger partial charge in [0.15, 0.2) is 0 Å². The smallest absolute Gasteiger partial charge is 0.258 e. The van der Waals surface area contributed by atoms with Crippen molar-refractivity contribution < 1.29 is 14.6 Å². The highest BCUT2D eigenvalue weighted by atomic mass is 16.5. The van der Waals surface area contributed by atoms with Crippen molar-refractivity contribution >= 4 is 11.6 Å². The molecule has 5 nitrogen and oxygen atoms in total. The van der Waals surface area contributed by atoms with E-state index in [9.17, 15) is 9.90 Å². The molecule has 206 valence electrons. The number of benzene rings is 3. The van der Waals surface area contributed by atoms with Crippen LogP contribution in [0.25, 0.3) is 22.4 Å². The molecule has 40 heavy (non-hydrogen) atoms. The number of anilines is 1. The van der Waals surface area contributed by atoms with Gasteiger partial charge in [-0.05, 0) is 36.1 Å². The lowest BCUT2D eigenvalue weighted by Gasteiger charge is -2.29. The number of amides is 1. The molecule has 1 fully saturated rings. The number of nitrogens with one attached hydrogen (secondary N) is 1. The fourth-order valence-electron chi connectivity index (χ4n) is 5.74. The van der Waals surface area contributed by atoms with E-state index in [1.807, 2.05) is 48.5 Å². The van der Waals surface area contributed by atoms with E-state index in [2.05, 4.69) is 73.6 Å². The molecule has 1 aliphatic heterocycles. The predicted molar refractivity (Wildman–Crippen MR) is 162 cm³/mol. The van der Waals surface area contributed by atoms with E-state index in [4.69, 9.17) is 4.74 Å². The Hall–Kier alpha value is -4.09. The number of aliphatic hydroxyl groups excluding tert-OH is 1. The summed E-state index contributed by atoms with van der Waals surface area (Å²) in [5.74, 6) is 0.580. The lowest BCUT2D eigenvalue weighted by Crippen LogP contribution is -2.28. The number of hydrogen-bond acceptors (Lipinski definition) is 3. The van der Waals surface area contributed by atoms with Crippen LogP contribution in [0.2, 0.25) is 0 Å². The van der Waals surface area contributed by atoms with Crippen LogP contribution in [0, 0.1) is 6.92 Å². The number of rotatable bonds is 8. The SMILES string of the molecule is C=C1C[C@H](O)C[C@@H](CCn2c(-c3ccc(C)cc3)c(-c3ccccc3)c(C(=O)Nc3ccccc3)c2C(C)C)O1. The summed E-state index contributed by atoms with van der Waals surface area (Å²) in [6.07, 6.45) is 1.17. The molecule has 2 N–H and O–H groups in total. The zero-order chi connectivity index (χ0) is 28.2. The molecular weight excluding hydrogens is 496 g/mol. The van der Waals surface area contributed by atoms with Crippen molar-refractivity contribution in [2.24, 2.45) is 0 Å². The maximum atomic E-state index is 14.2. The van der Waals surface area contributed by atoms with Gasteiger partial charge in [0.2, 0.25) is 0 Å². The summed E-state index contributed by atoms with van der Waals surface area (Å²) < 4.78 is 8.35. The first-order valence-corrected chi connectivity index (χ1v) is 14.1. The minimum atomic E-state index is -0.441. The van der Waals surface area contributed by atoms with Gasteiger partial charge >= 0.3 is 0 Å². The zero-order valence-electron chi connectivity index (χ0n) is 23.6. The van der Waals surface area contributed by atoms with Crippen molar-refractivity contribution in [3.05, 3.63) is 114 Å². The van der Waals surface area contributed by atoms with Gasteiger partial charge in [-0.2, -0.15) is 0 Å². The van der Waals surface area contributed by atoms with E-state index in [0.717, 1.165) is 33.8 Å². The minimum Gasteiger partial charge on any atom is -0.495 e. The molecule has 0 saturated carbocycles. The molecule has 4 aromatic rings. The number of aromatic nitrogens is 1. The average molecular weight is 535 g/mol. The summed E-state index contributed by atoms with van der Waals surface area (Å²) in [6, 6.07) is 28.3. The normalized spacial score (nSPS) is 17.1. The maximum absolute atomic E-state index is 14.2. The Balaban J connectivity index is 1.71. The topological polar surface area (TPSA) is 63.5 Å². The molecule has 2 atom stereocenters. The van der Waals surface area contributed by atoms with Crippen LogP contribution in [0.1, 0.15) is 60.6 Å². The monoisotopic (exact) mass is 534 g/mol. The molecule has 0 unspecified atom stereocenters. The van der Waals surface area contributed by atoms with Crippen LogP contribution in [0.5, 0.6) is 0 Å². The summed E-state index contributed by atoms with van der Waals surface area (Å²) in [6.45, 7) is 11.0. The van der Waals surface area contributed by atoms with E-state index in [-0.39, 0.29) is 17.9 Å². The summed E-state index contributed by atoms with van der Waals surface area (Å²) in [5.41, 5.74) is 7.60. The van der Waals surface area contributed by atoms with Crippen molar-refractivity contribution in [1.82, 2.24) is 4.57 Å². The van der Waals surface area contributed by atoms with Gasteiger partial charge in [0, 0.05) is 42.8 Å². The quantitative estimate of drug-likeness (QED) is 0.241. The van der Waals surface area contributed by atoms with Gasteiger partial charge in [-0.1, -0.05) is 98.8 Å². The molecule has 0 aliphatic carbocycles. The maximum Gasteiger partial charge on any atom is 0.258 e. The number of carbonyl (C=O) groups is 1. The molecular formula is C35H38N2O3. The van der Waals surface area contributed by atoms with Gasteiger partial charge in [-0.25, -0.2) is 0 Å². The van der Waals surface area contributed by atoms with Crippen LogP contribution in [-0.4, -0.2) is 27.8 Å². The second-order valence-corrected chi connectivity index (χ2v) is 11.0. The van der Waals surface area contributed by atoms with Crippen LogP contribution in [0.4, 0.5) is 5.69 Å². The Labute approximate surface area is 237 Å². The summed E-state index contributed by atoms with van der Waals surface area (Å²) >= 11 is 0. The van der Waals surface area contributed by atoms with Gasteiger partial charge in [-0.3, -0.25) is 4.79 Å². The van der Waals surface area contributed by atoms with Gasteiger partial charge in [0.1, 0.15) is 6.10 Å². The molecule has 5 rings (SSSR count). The summed E-state index contributed by atoms with van der Waals surface area (Å²) in [5, 5.41) is 13.5. The lowest BCUT2D eigenvalue weighted by molar-refractivity contribution is -0.00340. The molecule has 0 spiro atoms. The average Bonchev–Trinajstić information content (AvgIpc) is 3.28. The number of ether oxygens (including phenoxy) is 1. The van der Waals surface area contributed by atoms with E-state index >= 15 is 0 Å². The molecule has 0 bridgehead atoms. The minimum absolute atomic E-state index is 0.0750. The Kier molecular flexibility index (Phi) is 8.22. The molecule has 5 heteroatoms. The lowest BCUT2D eigenvalue weighted by atomic mass is 9.94. The number of aliphatic hydroxyl groups is 1. The number of carbonyl (C=O) groups excluding carboxylic acids is 1. The van der Waals surface area contributed by atoms with Crippen LogP contribution in [0.15, 0.2) is 97.3 Å². The van der Waals surface area contributed by atoms with Crippen LogP contribution >= 0.6 is 0 Å². The molecule has 3 aromatic carbocycles. The summed E-state index contributed by atoms with van der Waals surface area (Å²) in [7, 11) is 0. The third-order valence-electron chi connectivity index (χ3n) is 7.50. The van der Waals surface area contributed by atoms with Crippen LogP contribution < -0.4 is 5.32 Å². The number of para-hydroxylation sites is 1. The number of aryl methyl sites for hydroxylation is 1. The standard InChI is InChI=1S/C35H38N2O3/c1-23(2)33-32(35(39)36-28-13-9-6-10-14-28)31(26-11-7-5-8-12-26)34(27-17-15-24(3)16-18-27)37(33)20-19-30-22-29(38)21-25(4)40-30/h5-18,23,29-30,38H,4,19-22H2,1-3H3,(H,36,39)/t29-,30+/m0/s1. The van der Waals surface area contributed by atoms with Gasteiger partial charge in [0.05, 0.1) is 23.1 Å². The fraction of sp³-hybridized carbons (Fsp3) is 0.286. The number of nitrogens with zero attached hydrogens (tertiary/aromatic N) is 1. The van der Waals surface area contributed by atoms with Crippen molar-refractivity contribution in [1.29, 1.82) is 0 Å². The van der Waals surface area contributed by atoms with Crippen molar-refractivity contribution in [3.63, 3.8) is 0 Å².